The van der Waals surface area contributed by atoms with Crippen molar-refractivity contribution in [2.45, 2.75) is 25.3 Å². The number of nitrogens with zero attached hydrogens (tertiary/aromatic N) is 2. The van der Waals surface area contributed by atoms with Crippen LogP contribution in [0.5, 0.6) is 0 Å². The molecular formula is C17H23N3O3S. The zero-order chi connectivity index (χ0) is 16.9. The van der Waals surface area contributed by atoms with Gasteiger partial charge in [-0.15, -0.1) is 0 Å². The van der Waals surface area contributed by atoms with Gasteiger partial charge in [-0.25, -0.2) is 8.42 Å². The molecule has 24 heavy (non-hydrogen) atoms. The van der Waals surface area contributed by atoms with Crippen molar-refractivity contribution in [1.29, 1.82) is 0 Å². The SMILES string of the molecule is Nc1ccc(C(=O)N2CCS(=O)(=O)CC2)c(N2CC3CCC2C3)c1. The van der Waals surface area contributed by atoms with Gasteiger partial charge in [0, 0.05) is 31.4 Å². The number of fused-ring (bicyclic) bond motifs is 2. The molecule has 2 unspecified atom stereocenters. The van der Waals surface area contributed by atoms with Crippen LogP contribution in [0, 0.1) is 5.92 Å². The summed E-state index contributed by atoms with van der Waals surface area (Å²) in [6.45, 7) is 1.54. The zero-order valence-electron chi connectivity index (χ0n) is 13.6. The number of anilines is 2. The number of carbonyl (C=O) groups excluding carboxylic acids is 1. The second-order valence-corrected chi connectivity index (χ2v) is 9.51. The van der Waals surface area contributed by atoms with Gasteiger partial charge in [0.1, 0.15) is 0 Å². The van der Waals surface area contributed by atoms with E-state index in [2.05, 4.69) is 4.90 Å². The summed E-state index contributed by atoms with van der Waals surface area (Å²) in [4.78, 5) is 17.0. The van der Waals surface area contributed by atoms with Crippen LogP contribution in [-0.2, 0) is 9.84 Å². The van der Waals surface area contributed by atoms with E-state index in [1.54, 1.807) is 17.0 Å². The van der Waals surface area contributed by atoms with Crippen LogP contribution in [0.4, 0.5) is 11.4 Å². The lowest BCUT2D eigenvalue weighted by Gasteiger charge is -2.33. The number of nitrogen functional groups attached to an aromatic ring is 1. The minimum atomic E-state index is -3.00. The van der Waals surface area contributed by atoms with E-state index in [0.29, 0.717) is 17.3 Å². The largest absolute Gasteiger partial charge is 0.399 e. The number of nitrogens with two attached hydrogens (primary N) is 1. The molecule has 130 valence electrons. The zero-order valence-corrected chi connectivity index (χ0v) is 14.5. The van der Waals surface area contributed by atoms with Gasteiger partial charge in [0.25, 0.3) is 5.91 Å². The number of carbonyl (C=O) groups is 1. The summed E-state index contributed by atoms with van der Waals surface area (Å²) in [6.07, 6.45) is 3.65. The minimum Gasteiger partial charge on any atom is -0.399 e. The van der Waals surface area contributed by atoms with E-state index in [-0.39, 0.29) is 30.5 Å². The average Bonchev–Trinajstić information content (AvgIpc) is 3.17. The predicted octanol–water partition coefficient (Wildman–Crippen LogP) is 1.13. The molecule has 1 aromatic rings. The Morgan fingerprint density at radius 3 is 2.54 bits per heavy atom. The molecule has 1 aliphatic carbocycles. The van der Waals surface area contributed by atoms with E-state index in [1.807, 2.05) is 6.07 Å². The third-order valence-electron chi connectivity index (χ3n) is 5.60. The summed E-state index contributed by atoms with van der Waals surface area (Å²) < 4.78 is 23.2. The van der Waals surface area contributed by atoms with Crippen molar-refractivity contribution in [3.05, 3.63) is 23.8 Å². The van der Waals surface area contributed by atoms with E-state index in [0.717, 1.165) is 18.2 Å². The Hall–Kier alpha value is -1.76. The minimum absolute atomic E-state index is 0.0530. The van der Waals surface area contributed by atoms with Crippen LogP contribution in [0.3, 0.4) is 0 Å². The van der Waals surface area contributed by atoms with E-state index in [9.17, 15) is 13.2 Å². The normalized spacial score (nSPS) is 28.3. The molecule has 1 saturated carbocycles. The molecular weight excluding hydrogens is 326 g/mol. The Labute approximate surface area is 142 Å². The molecule has 7 heteroatoms. The maximum Gasteiger partial charge on any atom is 0.256 e. The highest BCUT2D eigenvalue weighted by atomic mass is 32.2. The fraction of sp³-hybridized carbons (Fsp3) is 0.588. The number of amides is 1. The summed E-state index contributed by atoms with van der Waals surface area (Å²) in [5.41, 5.74) is 8.20. The molecule has 2 saturated heterocycles. The highest BCUT2D eigenvalue weighted by Crippen LogP contribution is 2.42. The summed E-state index contributed by atoms with van der Waals surface area (Å²) >= 11 is 0. The van der Waals surface area contributed by atoms with Crippen molar-refractivity contribution in [3.8, 4) is 0 Å². The Morgan fingerprint density at radius 1 is 1.17 bits per heavy atom. The molecule has 2 aliphatic heterocycles. The van der Waals surface area contributed by atoms with Crippen molar-refractivity contribution in [2.24, 2.45) is 5.92 Å². The molecule has 1 aromatic carbocycles. The van der Waals surface area contributed by atoms with Crippen LogP contribution in [-0.4, -0.2) is 56.4 Å². The molecule has 3 fully saturated rings. The molecule has 6 nitrogen and oxygen atoms in total. The Morgan fingerprint density at radius 2 is 1.92 bits per heavy atom. The van der Waals surface area contributed by atoms with Gasteiger partial charge >= 0.3 is 0 Å². The smallest absolute Gasteiger partial charge is 0.256 e. The standard InChI is InChI=1S/C17H23N3O3S/c18-13-2-4-15(17(21)19-5-7-24(22,23)8-6-19)16(10-13)20-11-12-1-3-14(20)9-12/h2,4,10,12,14H,1,3,5-9,11,18H2. The molecule has 4 rings (SSSR count). The van der Waals surface area contributed by atoms with Gasteiger partial charge in [0.2, 0.25) is 0 Å². The summed E-state index contributed by atoms with van der Waals surface area (Å²) in [5, 5.41) is 0. The van der Waals surface area contributed by atoms with E-state index >= 15 is 0 Å². The maximum absolute atomic E-state index is 13.0. The Kier molecular flexibility index (Phi) is 3.71. The van der Waals surface area contributed by atoms with Crippen LogP contribution in [0.25, 0.3) is 0 Å². The van der Waals surface area contributed by atoms with Crippen molar-refractivity contribution in [1.82, 2.24) is 4.90 Å². The number of rotatable bonds is 2. The summed E-state index contributed by atoms with van der Waals surface area (Å²) in [6, 6.07) is 5.95. The monoisotopic (exact) mass is 349 g/mol. The molecule has 0 spiro atoms. The van der Waals surface area contributed by atoms with E-state index < -0.39 is 9.84 Å². The number of piperidine rings is 1. The number of sulfone groups is 1. The van der Waals surface area contributed by atoms with Crippen molar-refractivity contribution < 1.29 is 13.2 Å². The molecule has 2 bridgehead atoms. The molecule has 2 N–H and O–H groups in total. The fourth-order valence-corrected chi connectivity index (χ4v) is 5.47. The highest BCUT2D eigenvalue weighted by Gasteiger charge is 2.39. The number of hydrogen-bond acceptors (Lipinski definition) is 5. The highest BCUT2D eigenvalue weighted by molar-refractivity contribution is 7.91. The first-order valence-electron chi connectivity index (χ1n) is 8.59. The van der Waals surface area contributed by atoms with Crippen molar-refractivity contribution in [3.63, 3.8) is 0 Å². The van der Waals surface area contributed by atoms with E-state index in [1.165, 1.54) is 19.3 Å². The second kappa shape index (κ2) is 5.65. The second-order valence-electron chi connectivity index (χ2n) is 7.21. The number of benzene rings is 1. The lowest BCUT2D eigenvalue weighted by atomic mass is 10.1. The third kappa shape index (κ3) is 2.75. The average molecular weight is 349 g/mol. The van der Waals surface area contributed by atoms with Gasteiger partial charge in [0.05, 0.1) is 22.8 Å². The van der Waals surface area contributed by atoms with Gasteiger partial charge in [-0.2, -0.15) is 0 Å². The van der Waals surface area contributed by atoms with Gasteiger partial charge in [-0.3, -0.25) is 4.79 Å². The predicted molar refractivity (Wildman–Crippen MR) is 93.9 cm³/mol. The first-order valence-corrected chi connectivity index (χ1v) is 10.4. The summed E-state index contributed by atoms with van der Waals surface area (Å²) in [5.74, 6) is 0.747. The van der Waals surface area contributed by atoms with Gasteiger partial charge in [-0.05, 0) is 43.4 Å². The molecule has 0 aromatic heterocycles. The number of hydrogen-bond donors (Lipinski definition) is 1. The fourth-order valence-electron chi connectivity index (χ4n) is 4.27. The van der Waals surface area contributed by atoms with Crippen LogP contribution in [0.1, 0.15) is 29.6 Å². The summed E-state index contributed by atoms with van der Waals surface area (Å²) in [7, 11) is -3.00. The Balaban J connectivity index is 1.62. The quantitative estimate of drug-likeness (QED) is 0.809. The van der Waals surface area contributed by atoms with E-state index in [4.69, 9.17) is 5.73 Å². The van der Waals surface area contributed by atoms with Crippen LogP contribution >= 0.6 is 0 Å². The third-order valence-corrected chi connectivity index (χ3v) is 7.21. The first kappa shape index (κ1) is 15.7. The topological polar surface area (TPSA) is 83.7 Å². The molecule has 0 radical (unpaired) electrons. The van der Waals surface area contributed by atoms with Crippen molar-refractivity contribution >= 4 is 27.1 Å². The molecule has 3 aliphatic rings. The first-order chi connectivity index (χ1) is 11.4. The molecule has 2 heterocycles. The lowest BCUT2D eigenvalue weighted by molar-refractivity contribution is 0.0771. The molecule has 1 amide bonds. The molecule has 2 atom stereocenters. The van der Waals surface area contributed by atoms with Crippen LogP contribution in [0.15, 0.2) is 18.2 Å². The van der Waals surface area contributed by atoms with Crippen LogP contribution < -0.4 is 10.6 Å². The van der Waals surface area contributed by atoms with Gasteiger partial charge < -0.3 is 15.5 Å². The van der Waals surface area contributed by atoms with Gasteiger partial charge in [-0.1, -0.05) is 0 Å². The van der Waals surface area contributed by atoms with Gasteiger partial charge in [0.15, 0.2) is 9.84 Å². The maximum atomic E-state index is 13.0. The Bertz CT molecular complexity index is 763. The van der Waals surface area contributed by atoms with Crippen molar-refractivity contribution in [2.75, 3.05) is 41.8 Å². The van der Waals surface area contributed by atoms with Crippen LogP contribution in [0.2, 0.25) is 0 Å². The lowest BCUT2D eigenvalue weighted by Crippen LogP contribution is -2.44.